The monoisotopic (exact) mass is 652 g/mol. The van der Waals surface area contributed by atoms with Gasteiger partial charge in [0.25, 0.3) is 0 Å². The zero-order valence-electron chi connectivity index (χ0n) is 26.3. The van der Waals surface area contributed by atoms with Gasteiger partial charge in [0.1, 0.15) is 54.2 Å². The van der Waals surface area contributed by atoms with E-state index >= 15 is 0 Å². The minimum Gasteiger partial charge on any atom is -0.508 e. The highest BCUT2D eigenvalue weighted by molar-refractivity contribution is 5.36. The highest BCUT2D eigenvalue weighted by atomic mass is 16.7. The maximum Gasteiger partial charge on any atom is 0.186 e. The first-order valence-electron chi connectivity index (χ1n) is 15.6. The van der Waals surface area contributed by atoms with Crippen LogP contribution < -0.4 is 0 Å². The Bertz CT molecular complexity index is 1160. The van der Waals surface area contributed by atoms with Gasteiger partial charge < -0.3 is 64.9 Å². The van der Waals surface area contributed by atoms with Crippen LogP contribution >= 0.6 is 0 Å². The molecule has 258 valence electrons. The Labute approximate surface area is 268 Å². The van der Waals surface area contributed by atoms with E-state index in [9.17, 15) is 46.0 Å². The molecule has 0 bridgehead atoms. The molecule has 0 unspecified atom stereocenters. The van der Waals surface area contributed by atoms with Crippen LogP contribution in [0, 0.1) is 25.7 Å². The van der Waals surface area contributed by atoms with Crippen molar-refractivity contribution in [2.24, 2.45) is 11.8 Å². The van der Waals surface area contributed by atoms with Crippen LogP contribution in [0.2, 0.25) is 0 Å². The van der Waals surface area contributed by atoms with Crippen LogP contribution in [0.5, 0.6) is 11.5 Å². The first-order chi connectivity index (χ1) is 21.8. The number of ether oxygens (including phenoxy) is 4. The number of phenols is 2. The minimum atomic E-state index is -1.62. The van der Waals surface area contributed by atoms with E-state index in [-0.39, 0.29) is 30.6 Å². The predicted octanol–water partition coefficient (Wildman–Crippen LogP) is -0.217. The lowest BCUT2D eigenvalue weighted by Gasteiger charge is -2.41. The number of hydrogen-bond acceptors (Lipinski definition) is 13. The normalized spacial score (nSPS) is 33.1. The van der Waals surface area contributed by atoms with Crippen molar-refractivity contribution in [1.82, 2.24) is 0 Å². The van der Waals surface area contributed by atoms with E-state index in [2.05, 4.69) is 0 Å². The molecular weight excluding hydrogens is 604 g/mol. The number of benzene rings is 2. The van der Waals surface area contributed by atoms with Gasteiger partial charge >= 0.3 is 0 Å². The summed E-state index contributed by atoms with van der Waals surface area (Å²) < 4.78 is 23.5. The Balaban J connectivity index is 1.63. The first kappa shape index (κ1) is 36.4. The van der Waals surface area contributed by atoms with Crippen LogP contribution in [-0.2, 0) is 31.8 Å². The van der Waals surface area contributed by atoms with Gasteiger partial charge in [0.2, 0.25) is 0 Å². The van der Waals surface area contributed by atoms with Gasteiger partial charge in [-0.1, -0.05) is 31.2 Å². The van der Waals surface area contributed by atoms with Crippen molar-refractivity contribution < 1.29 is 64.9 Å². The smallest absolute Gasteiger partial charge is 0.186 e. The molecule has 46 heavy (non-hydrogen) atoms. The fraction of sp³-hybridized carbons (Fsp3) is 0.636. The average molecular weight is 653 g/mol. The van der Waals surface area contributed by atoms with Gasteiger partial charge in [-0.25, -0.2) is 0 Å². The summed E-state index contributed by atoms with van der Waals surface area (Å²) in [5.74, 6) is -0.520. The number of phenolic OH excluding ortho intramolecular Hbond substituents is 2. The lowest BCUT2D eigenvalue weighted by atomic mass is 9.83. The predicted molar refractivity (Wildman–Crippen MR) is 163 cm³/mol. The van der Waals surface area contributed by atoms with Gasteiger partial charge in [0.15, 0.2) is 12.6 Å². The van der Waals surface area contributed by atoms with Gasteiger partial charge in [0.05, 0.1) is 25.9 Å². The van der Waals surface area contributed by atoms with Crippen molar-refractivity contribution in [3.63, 3.8) is 0 Å². The summed E-state index contributed by atoms with van der Waals surface area (Å²) in [6, 6.07) is 10.4. The number of aromatic hydroxyl groups is 2. The lowest BCUT2D eigenvalue weighted by molar-refractivity contribution is -0.307. The summed E-state index contributed by atoms with van der Waals surface area (Å²) in [5, 5.41) is 92.4. The first-order valence-corrected chi connectivity index (χ1v) is 15.6. The van der Waals surface area contributed by atoms with Crippen molar-refractivity contribution >= 4 is 0 Å². The Morgan fingerprint density at radius 2 is 1.04 bits per heavy atom. The second kappa shape index (κ2) is 16.1. The van der Waals surface area contributed by atoms with E-state index < -0.39 is 73.9 Å². The van der Waals surface area contributed by atoms with E-state index in [0.717, 1.165) is 11.1 Å². The zero-order chi connectivity index (χ0) is 33.7. The average Bonchev–Trinajstić information content (AvgIpc) is 3.04. The second-order valence-electron chi connectivity index (χ2n) is 12.5. The molecule has 2 aromatic rings. The molecule has 0 radical (unpaired) electrons. The molecule has 2 aromatic carbocycles. The topological polar surface area (TPSA) is 219 Å². The zero-order valence-corrected chi connectivity index (χ0v) is 26.3. The van der Waals surface area contributed by atoms with Gasteiger partial charge in [-0.15, -0.1) is 0 Å². The molecule has 0 aliphatic carbocycles. The molecular formula is C33H48O13. The van der Waals surface area contributed by atoms with Crippen LogP contribution in [0.15, 0.2) is 36.4 Å². The summed E-state index contributed by atoms with van der Waals surface area (Å²) in [6.45, 7) is 4.64. The number of aliphatic hydroxyl groups is 7. The lowest BCUT2D eigenvalue weighted by Crippen LogP contribution is -2.59. The molecule has 2 aliphatic heterocycles. The van der Waals surface area contributed by atoms with Crippen LogP contribution in [0.1, 0.15) is 35.6 Å². The molecule has 0 amide bonds. The van der Waals surface area contributed by atoms with Gasteiger partial charge in [-0.05, 0) is 79.3 Å². The van der Waals surface area contributed by atoms with Gasteiger partial charge in [-0.2, -0.15) is 0 Å². The fourth-order valence-corrected chi connectivity index (χ4v) is 6.05. The molecule has 0 spiro atoms. The van der Waals surface area contributed by atoms with Crippen LogP contribution in [-0.4, -0.2) is 127 Å². The summed E-state index contributed by atoms with van der Waals surface area (Å²) in [7, 11) is 0. The van der Waals surface area contributed by atoms with E-state index in [1.807, 2.05) is 12.1 Å². The fourth-order valence-electron chi connectivity index (χ4n) is 6.05. The van der Waals surface area contributed by atoms with Crippen molar-refractivity contribution in [1.29, 1.82) is 0 Å². The number of hydrogen-bond donors (Lipinski definition) is 9. The molecule has 4 rings (SSSR count). The van der Waals surface area contributed by atoms with Gasteiger partial charge in [0, 0.05) is 0 Å². The highest BCUT2D eigenvalue weighted by Gasteiger charge is 2.45. The third kappa shape index (κ3) is 8.54. The summed E-state index contributed by atoms with van der Waals surface area (Å²) in [5.41, 5.74) is 3.03. The summed E-state index contributed by atoms with van der Waals surface area (Å²) in [6.07, 6.45) is -12.4. The third-order valence-electron chi connectivity index (χ3n) is 9.05. The molecule has 2 heterocycles. The van der Waals surface area contributed by atoms with E-state index in [4.69, 9.17) is 18.9 Å². The minimum absolute atomic E-state index is 0.0132. The van der Waals surface area contributed by atoms with Crippen LogP contribution in [0.3, 0.4) is 0 Å². The van der Waals surface area contributed by atoms with Crippen molar-refractivity contribution in [3.05, 3.63) is 58.7 Å². The molecule has 12 atom stereocenters. The highest BCUT2D eigenvalue weighted by Crippen LogP contribution is 2.31. The van der Waals surface area contributed by atoms with Gasteiger partial charge in [-0.3, -0.25) is 0 Å². The summed E-state index contributed by atoms with van der Waals surface area (Å²) in [4.78, 5) is 0. The SMILES string of the molecule is CC[C@H]1O[C@@H](OC[C@H](Cc2ccc(O)c(C)c2)[C@H](CO[C@@H]2O[C@H](CO)[C@@H](O)[C@H](O)[C@H]2O)Cc2ccc(O)c(C)c2)[C@H](O)[C@@H](O)[C@@H]1O. The van der Waals surface area contributed by atoms with Crippen molar-refractivity contribution in [3.8, 4) is 11.5 Å². The van der Waals surface area contributed by atoms with Crippen molar-refractivity contribution in [2.75, 3.05) is 19.8 Å². The Hall–Kier alpha value is -2.40. The third-order valence-corrected chi connectivity index (χ3v) is 9.05. The Morgan fingerprint density at radius 1 is 0.630 bits per heavy atom. The standard InChI is InChI=1S/C33H48O13/c1-4-24-26(37)28(39)30(41)32(45-24)43-14-20(11-18-5-7-22(35)16(2)9-18)21(12-19-6-8-23(36)17(3)10-19)15-44-33-31(42)29(40)27(38)25(13-34)46-33/h5-10,20-21,24-42H,4,11-15H2,1-3H3/t20-,21-,24+,25+,26+,27+,28-,29-,30+,31+,32+,33+/m0/s1. The second-order valence-corrected chi connectivity index (χ2v) is 12.5. The number of aryl methyl sites for hydroxylation is 2. The Morgan fingerprint density at radius 3 is 1.43 bits per heavy atom. The molecule has 2 aliphatic rings. The quantitative estimate of drug-likeness (QED) is 0.137. The molecule has 2 fully saturated rings. The van der Waals surface area contributed by atoms with E-state index in [1.165, 1.54) is 0 Å². The Kier molecular flexibility index (Phi) is 12.8. The molecule has 13 heteroatoms. The van der Waals surface area contributed by atoms with Crippen molar-refractivity contribution in [2.45, 2.75) is 101 Å². The molecule has 9 N–H and O–H groups in total. The number of rotatable bonds is 13. The van der Waals surface area contributed by atoms with Crippen LogP contribution in [0.4, 0.5) is 0 Å². The molecule has 0 saturated carbocycles. The van der Waals surface area contributed by atoms with Crippen LogP contribution in [0.25, 0.3) is 0 Å². The van der Waals surface area contributed by atoms with E-state index in [0.29, 0.717) is 30.4 Å². The molecule has 0 aromatic heterocycles. The van der Waals surface area contributed by atoms with E-state index in [1.54, 1.807) is 45.0 Å². The summed E-state index contributed by atoms with van der Waals surface area (Å²) >= 11 is 0. The largest absolute Gasteiger partial charge is 0.508 e. The number of aliphatic hydroxyl groups excluding tert-OH is 7. The molecule has 13 nitrogen and oxygen atoms in total. The molecule has 2 saturated heterocycles. The maximum atomic E-state index is 10.7. The maximum absolute atomic E-state index is 10.7.